The van der Waals surface area contributed by atoms with Crippen LogP contribution in [0.4, 0.5) is 0 Å². The molecule has 2 fully saturated rings. The summed E-state index contributed by atoms with van der Waals surface area (Å²) in [6.45, 7) is 13.4. The Labute approximate surface area is 246 Å². The lowest BCUT2D eigenvalue weighted by Gasteiger charge is -2.60. The first-order valence-electron chi connectivity index (χ1n) is 15.2. The maximum Gasteiger partial charge on any atom is 0.196 e. The Morgan fingerprint density at radius 3 is 2.52 bits per heavy atom. The van der Waals surface area contributed by atoms with E-state index in [0.717, 1.165) is 36.5 Å². The molecule has 1 aromatic heterocycles. The summed E-state index contributed by atoms with van der Waals surface area (Å²) in [5.74, 6) is -1.36. The standard InChI is InChI=1S/C35H42O7/c1-18-7-8-21-32(41)24(37)9-12-35(21,30-17-27(40)31-26(39)13-20(36)14-28(31)42-30)22(18)15-23-19(2)25(38)16-29-33(3,4)10-6-11-34(23,29)5/h7,9,12-14,17,21-23,25,29,32,36,38-39,41H,2,6,8,10-11,15-16H2,1,3-5H3/t21-,22-,23-,25-,29-,32+,34+,35-/m0/s1. The van der Waals surface area contributed by atoms with Gasteiger partial charge < -0.3 is 24.8 Å². The molecule has 2 saturated carbocycles. The zero-order chi connectivity index (χ0) is 30.4. The second kappa shape index (κ2) is 9.68. The van der Waals surface area contributed by atoms with E-state index in [-0.39, 0.29) is 56.7 Å². The first-order valence-corrected chi connectivity index (χ1v) is 15.2. The first kappa shape index (κ1) is 28.9. The van der Waals surface area contributed by atoms with Gasteiger partial charge in [-0.3, -0.25) is 9.59 Å². The van der Waals surface area contributed by atoms with Gasteiger partial charge in [0.2, 0.25) is 0 Å². The molecule has 0 aliphatic heterocycles. The number of hydrogen-bond donors (Lipinski definition) is 4. The summed E-state index contributed by atoms with van der Waals surface area (Å²) in [5.41, 5.74) is 0.339. The minimum Gasteiger partial charge on any atom is -0.508 e. The van der Waals surface area contributed by atoms with E-state index in [1.54, 1.807) is 6.08 Å². The summed E-state index contributed by atoms with van der Waals surface area (Å²) in [7, 11) is 0. The molecule has 0 radical (unpaired) electrons. The normalized spacial score (nSPS) is 37.7. The number of aliphatic hydroxyl groups excluding tert-OH is 2. The summed E-state index contributed by atoms with van der Waals surface area (Å²) in [4.78, 5) is 26.3. The Kier molecular flexibility index (Phi) is 6.67. The zero-order valence-corrected chi connectivity index (χ0v) is 24.9. The van der Waals surface area contributed by atoms with Gasteiger partial charge in [-0.05, 0) is 79.3 Å². The Balaban J connectivity index is 1.56. The molecule has 0 unspecified atom stereocenters. The van der Waals surface area contributed by atoms with Gasteiger partial charge in [-0.15, -0.1) is 0 Å². The van der Waals surface area contributed by atoms with Crippen LogP contribution in [0, 0.1) is 34.5 Å². The molecule has 1 aromatic carbocycles. The average molecular weight is 575 g/mol. The number of carbonyl (C=O) groups excluding carboxylic acids is 1. The van der Waals surface area contributed by atoms with Crippen LogP contribution in [0.15, 0.2) is 63.4 Å². The molecule has 8 atom stereocenters. The molecular weight excluding hydrogens is 532 g/mol. The van der Waals surface area contributed by atoms with Crippen molar-refractivity contribution in [1.82, 2.24) is 0 Å². The molecule has 42 heavy (non-hydrogen) atoms. The van der Waals surface area contributed by atoms with E-state index in [2.05, 4.69) is 33.4 Å². The quantitative estimate of drug-likeness (QED) is 0.347. The molecular formula is C35H42O7. The lowest BCUT2D eigenvalue weighted by atomic mass is 9.44. The van der Waals surface area contributed by atoms with E-state index < -0.39 is 29.0 Å². The lowest BCUT2D eigenvalue weighted by Crippen LogP contribution is -2.56. The van der Waals surface area contributed by atoms with Crippen LogP contribution in [-0.4, -0.2) is 38.4 Å². The molecule has 7 nitrogen and oxygen atoms in total. The number of rotatable bonds is 3. The highest BCUT2D eigenvalue weighted by Gasteiger charge is 2.59. The molecule has 1 heterocycles. The number of aromatic hydroxyl groups is 2. The summed E-state index contributed by atoms with van der Waals surface area (Å²) >= 11 is 0. The molecule has 0 spiro atoms. The number of allylic oxidation sites excluding steroid dienone is 3. The Morgan fingerprint density at radius 1 is 1.05 bits per heavy atom. The summed E-state index contributed by atoms with van der Waals surface area (Å²) < 4.78 is 6.38. The van der Waals surface area contributed by atoms with Crippen molar-refractivity contribution >= 4 is 16.8 Å². The van der Waals surface area contributed by atoms with Crippen molar-refractivity contribution in [3.63, 3.8) is 0 Å². The molecule has 7 heteroatoms. The molecule has 6 rings (SSSR count). The number of hydrogen-bond acceptors (Lipinski definition) is 7. The minimum absolute atomic E-state index is 0.0347. The molecule has 224 valence electrons. The van der Waals surface area contributed by atoms with Crippen molar-refractivity contribution in [3.8, 4) is 11.5 Å². The van der Waals surface area contributed by atoms with Crippen LogP contribution in [0.3, 0.4) is 0 Å². The maximum absolute atomic E-state index is 13.5. The second-order valence-electron chi connectivity index (χ2n) is 14.3. The monoisotopic (exact) mass is 574 g/mol. The summed E-state index contributed by atoms with van der Waals surface area (Å²) in [5, 5.41) is 43.2. The molecule has 4 N–H and O–H groups in total. The highest BCUT2D eigenvalue weighted by molar-refractivity contribution is 5.95. The van der Waals surface area contributed by atoms with E-state index in [9.17, 15) is 30.0 Å². The maximum atomic E-state index is 13.5. The predicted molar refractivity (Wildman–Crippen MR) is 160 cm³/mol. The van der Waals surface area contributed by atoms with Crippen LogP contribution in [0.25, 0.3) is 11.0 Å². The third-order valence-electron chi connectivity index (χ3n) is 11.7. The molecule has 4 aliphatic rings. The van der Waals surface area contributed by atoms with Gasteiger partial charge >= 0.3 is 0 Å². The van der Waals surface area contributed by atoms with Crippen LogP contribution in [-0.2, 0) is 10.2 Å². The smallest absolute Gasteiger partial charge is 0.196 e. The Hall–Kier alpha value is -3.16. The van der Waals surface area contributed by atoms with Gasteiger partial charge in [0.15, 0.2) is 11.2 Å². The molecule has 0 saturated heterocycles. The van der Waals surface area contributed by atoms with Crippen molar-refractivity contribution in [2.75, 3.05) is 0 Å². The number of ketones is 1. The number of fused-ring (bicyclic) bond motifs is 3. The van der Waals surface area contributed by atoms with E-state index in [0.29, 0.717) is 25.2 Å². The minimum atomic E-state index is -1.29. The molecule has 0 bridgehead atoms. The zero-order valence-electron chi connectivity index (χ0n) is 24.9. The highest BCUT2D eigenvalue weighted by atomic mass is 16.3. The molecule has 0 amide bonds. The van der Waals surface area contributed by atoms with Gasteiger partial charge in [0.25, 0.3) is 0 Å². The third kappa shape index (κ3) is 4.07. The van der Waals surface area contributed by atoms with E-state index in [1.807, 2.05) is 6.92 Å². The van der Waals surface area contributed by atoms with Crippen molar-refractivity contribution in [2.24, 2.45) is 34.5 Å². The molecule has 2 aromatic rings. The van der Waals surface area contributed by atoms with Gasteiger partial charge in [0, 0.05) is 24.1 Å². The van der Waals surface area contributed by atoms with Crippen LogP contribution in [0.2, 0.25) is 0 Å². The summed E-state index contributed by atoms with van der Waals surface area (Å²) in [6.07, 6.45) is 8.26. The highest BCUT2D eigenvalue weighted by Crippen LogP contribution is 2.64. The van der Waals surface area contributed by atoms with Gasteiger partial charge in [0.1, 0.15) is 34.3 Å². The summed E-state index contributed by atoms with van der Waals surface area (Å²) in [6, 6.07) is 3.76. The Bertz CT molecular complexity index is 1590. The van der Waals surface area contributed by atoms with Crippen molar-refractivity contribution in [2.45, 2.75) is 83.8 Å². The number of benzene rings is 1. The van der Waals surface area contributed by atoms with Gasteiger partial charge in [0.05, 0.1) is 11.5 Å². The second-order valence-corrected chi connectivity index (χ2v) is 14.3. The van der Waals surface area contributed by atoms with E-state index in [1.165, 1.54) is 18.2 Å². The third-order valence-corrected chi connectivity index (χ3v) is 11.7. The number of phenolic OH excluding ortho intramolecular Hbond substituents is 2. The van der Waals surface area contributed by atoms with E-state index in [4.69, 9.17) is 4.42 Å². The van der Waals surface area contributed by atoms with Gasteiger partial charge in [-0.25, -0.2) is 0 Å². The molecule has 4 aliphatic carbocycles. The topological polar surface area (TPSA) is 128 Å². The SMILES string of the molecule is C=C1[C@@H](O)C[C@H]2C(C)(C)CCC[C@]2(C)[C@H]1C[C@H]1C(C)=CC[C@H]2[C@@H](O)C(=O)C=C[C@@]12c1cc(=O)c2c(O)cc(O)cc2o1. The van der Waals surface area contributed by atoms with Crippen molar-refractivity contribution in [3.05, 3.63) is 70.1 Å². The number of carbonyl (C=O) groups is 1. The van der Waals surface area contributed by atoms with Crippen LogP contribution >= 0.6 is 0 Å². The van der Waals surface area contributed by atoms with E-state index >= 15 is 0 Å². The lowest BCUT2D eigenvalue weighted by molar-refractivity contribution is -0.129. The predicted octanol–water partition coefficient (Wildman–Crippen LogP) is 5.68. The van der Waals surface area contributed by atoms with Gasteiger partial charge in [-0.1, -0.05) is 51.5 Å². The fourth-order valence-electron chi connectivity index (χ4n) is 9.57. The Morgan fingerprint density at radius 2 is 1.79 bits per heavy atom. The average Bonchev–Trinajstić information content (AvgIpc) is 2.90. The van der Waals surface area contributed by atoms with Crippen LogP contribution in [0.5, 0.6) is 11.5 Å². The van der Waals surface area contributed by atoms with Crippen molar-refractivity contribution < 1.29 is 29.6 Å². The fourth-order valence-corrected chi connectivity index (χ4v) is 9.57. The van der Waals surface area contributed by atoms with Crippen molar-refractivity contribution in [1.29, 1.82) is 0 Å². The fraction of sp³-hybridized carbons (Fsp3) is 0.543. The first-order chi connectivity index (χ1) is 19.7. The van der Waals surface area contributed by atoms with Crippen LogP contribution in [0.1, 0.15) is 72.0 Å². The van der Waals surface area contributed by atoms with Gasteiger partial charge in [-0.2, -0.15) is 0 Å². The number of phenols is 2. The number of aliphatic hydroxyl groups is 2. The largest absolute Gasteiger partial charge is 0.508 e. The van der Waals surface area contributed by atoms with Crippen LogP contribution < -0.4 is 5.43 Å².